The number of benzene rings is 1. The predicted octanol–water partition coefficient (Wildman–Crippen LogP) is 4.18. The van der Waals surface area contributed by atoms with Crippen LogP contribution in [0.5, 0.6) is 0 Å². The van der Waals surface area contributed by atoms with Gasteiger partial charge < -0.3 is 11.1 Å². The Kier molecular flexibility index (Phi) is 6.59. The molecule has 0 aliphatic heterocycles. The Morgan fingerprint density at radius 2 is 1.75 bits per heavy atom. The van der Waals surface area contributed by atoms with Gasteiger partial charge in [0, 0.05) is 22.2 Å². The van der Waals surface area contributed by atoms with E-state index < -0.39 is 11.0 Å². The van der Waals surface area contributed by atoms with Crippen molar-refractivity contribution in [1.82, 2.24) is 0 Å². The lowest BCUT2D eigenvalue weighted by Crippen LogP contribution is -2.51. The summed E-state index contributed by atoms with van der Waals surface area (Å²) in [5.74, 6) is -0.0890. The number of Topliss-reactive ketones (excluding diaryl/α,β-unsaturated/α-hetero) is 1. The highest BCUT2D eigenvalue weighted by Gasteiger charge is 2.37. The molecule has 1 aliphatic rings. The number of halogens is 1. The molecule has 1 aromatic carbocycles. The van der Waals surface area contributed by atoms with Crippen molar-refractivity contribution in [2.75, 3.05) is 5.32 Å². The minimum atomic E-state index is -0.440. The van der Waals surface area contributed by atoms with Gasteiger partial charge in [-0.25, -0.2) is 0 Å². The summed E-state index contributed by atoms with van der Waals surface area (Å²) in [5.41, 5.74) is 6.81. The number of hydrogen-bond acceptors (Lipinski definition) is 3. The van der Waals surface area contributed by atoms with Crippen LogP contribution < -0.4 is 11.1 Å². The number of hydrogen-bond donors (Lipinski definition) is 2. The number of rotatable bonds is 3. The van der Waals surface area contributed by atoms with Gasteiger partial charge in [0.15, 0.2) is 5.78 Å². The van der Waals surface area contributed by atoms with E-state index in [1.807, 2.05) is 27.7 Å². The standard InChI is InChI=1S/C19H28N2O2.ClH/c1-18(2,3)16(22)13-8-10-14(11-9-13)21-17(23)15-7-5-6-12-19(15,4)20;/h8-11,15H,5-7,12,20H2,1-4H3,(H,21,23);1H. The quantitative estimate of drug-likeness (QED) is 0.801. The van der Waals surface area contributed by atoms with Crippen LogP contribution >= 0.6 is 12.4 Å². The van der Waals surface area contributed by atoms with Crippen LogP contribution in [0, 0.1) is 11.3 Å². The average molecular weight is 353 g/mol. The maximum atomic E-state index is 12.5. The van der Waals surface area contributed by atoms with Gasteiger partial charge in [-0.15, -0.1) is 12.4 Å². The van der Waals surface area contributed by atoms with Crippen molar-refractivity contribution in [2.45, 2.75) is 58.9 Å². The number of nitrogens with two attached hydrogens (primary N) is 1. The van der Waals surface area contributed by atoms with E-state index in [0.717, 1.165) is 25.7 Å². The van der Waals surface area contributed by atoms with Crippen LogP contribution in [0.4, 0.5) is 5.69 Å². The summed E-state index contributed by atoms with van der Waals surface area (Å²) in [5, 5.41) is 2.94. The van der Waals surface area contributed by atoms with Crippen LogP contribution in [0.3, 0.4) is 0 Å². The number of anilines is 1. The molecular formula is C19H29ClN2O2. The number of ketones is 1. The van der Waals surface area contributed by atoms with Gasteiger partial charge >= 0.3 is 0 Å². The monoisotopic (exact) mass is 352 g/mol. The highest BCUT2D eigenvalue weighted by atomic mass is 35.5. The van der Waals surface area contributed by atoms with Gasteiger partial charge in [0.25, 0.3) is 0 Å². The number of carbonyl (C=O) groups excluding carboxylic acids is 2. The van der Waals surface area contributed by atoms with Crippen molar-refractivity contribution in [2.24, 2.45) is 17.1 Å². The number of amides is 1. The second-order valence-electron chi connectivity index (χ2n) is 7.95. The summed E-state index contributed by atoms with van der Waals surface area (Å²) in [7, 11) is 0. The molecule has 0 heterocycles. The maximum Gasteiger partial charge on any atom is 0.229 e. The van der Waals surface area contributed by atoms with Crippen molar-refractivity contribution in [3.05, 3.63) is 29.8 Å². The van der Waals surface area contributed by atoms with Crippen LogP contribution in [0.2, 0.25) is 0 Å². The van der Waals surface area contributed by atoms with Crippen LogP contribution in [0.1, 0.15) is 63.7 Å². The third-order valence-corrected chi connectivity index (χ3v) is 4.67. The first-order chi connectivity index (χ1) is 10.6. The predicted molar refractivity (Wildman–Crippen MR) is 101 cm³/mol. The lowest BCUT2D eigenvalue weighted by Gasteiger charge is -2.37. The zero-order valence-corrected chi connectivity index (χ0v) is 15.8. The summed E-state index contributed by atoms with van der Waals surface area (Å²) in [4.78, 5) is 24.7. The number of carbonyl (C=O) groups is 2. The molecule has 3 N–H and O–H groups in total. The molecule has 0 aromatic heterocycles. The Morgan fingerprint density at radius 1 is 1.17 bits per heavy atom. The summed E-state index contributed by atoms with van der Waals surface area (Å²) >= 11 is 0. The fraction of sp³-hybridized carbons (Fsp3) is 0.579. The summed E-state index contributed by atoms with van der Waals surface area (Å²) < 4.78 is 0. The topological polar surface area (TPSA) is 72.2 Å². The molecule has 1 saturated carbocycles. The average Bonchev–Trinajstić information content (AvgIpc) is 2.45. The van der Waals surface area contributed by atoms with Crippen LogP contribution in [-0.2, 0) is 4.79 Å². The lowest BCUT2D eigenvalue weighted by molar-refractivity contribution is -0.122. The van der Waals surface area contributed by atoms with Gasteiger partial charge in [-0.3, -0.25) is 9.59 Å². The number of nitrogens with one attached hydrogen (secondary N) is 1. The van der Waals surface area contributed by atoms with E-state index in [-0.39, 0.29) is 30.0 Å². The lowest BCUT2D eigenvalue weighted by atomic mass is 9.74. The molecule has 4 nitrogen and oxygen atoms in total. The van der Waals surface area contributed by atoms with Gasteiger partial charge in [0.1, 0.15) is 0 Å². The van der Waals surface area contributed by atoms with Crippen LogP contribution in [0.25, 0.3) is 0 Å². The van der Waals surface area contributed by atoms with E-state index in [0.29, 0.717) is 11.3 Å². The molecule has 1 aromatic rings. The molecule has 1 fully saturated rings. The smallest absolute Gasteiger partial charge is 0.229 e. The third-order valence-electron chi connectivity index (χ3n) is 4.67. The van der Waals surface area contributed by atoms with Gasteiger partial charge in [-0.1, -0.05) is 33.6 Å². The third kappa shape index (κ3) is 4.81. The van der Waals surface area contributed by atoms with Gasteiger partial charge in [-0.2, -0.15) is 0 Å². The van der Waals surface area contributed by atoms with Gasteiger partial charge in [0.2, 0.25) is 5.91 Å². The molecule has 134 valence electrons. The minimum absolute atomic E-state index is 0. The second-order valence-corrected chi connectivity index (χ2v) is 7.95. The minimum Gasteiger partial charge on any atom is -0.326 e. The first-order valence-corrected chi connectivity index (χ1v) is 8.36. The Balaban J connectivity index is 0.00000288. The van der Waals surface area contributed by atoms with E-state index in [9.17, 15) is 9.59 Å². The molecule has 0 saturated heterocycles. The van der Waals surface area contributed by atoms with Crippen LogP contribution in [0.15, 0.2) is 24.3 Å². The molecule has 24 heavy (non-hydrogen) atoms. The van der Waals surface area contributed by atoms with Crippen LogP contribution in [-0.4, -0.2) is 17.2 Å². The fourth-order valence-corrected chi connectivity index (χ4v) is 3.16. The zero-order chi connectivity index (χ0) is 17.3. The Bertz CT molecular complexity index is 588. The maximum absolute atomic E-state index is 12.5. The summed E-state index contributed by atoms with van der Waals surface area (Å²) in [6.45, 7) is 7.66. The normalized spacial score (nSPS) is 24.0. The summed E-state index contributed by atoms with van der Waals surface area (Å²) in [6, 6.07) is 7.11. The van der Waals surface area contributed by atoms with Gasteiger partial charge in [-0.05, 0) is 44.0 Å². The first kappa shape index (κ1) is 20.7. The van der Waals surface area contributed by atoms with Gasteiger partial charge in [0.05, 0.1) is 5.92 Å². The highest BCUT2D eigenvalue weighted by molar-refractivity contribution is 6.00. The van der Waals surface area contributed by atoms with Crippen molar-refractivity contribution in [1.29, 1.82) is 0 Å². The zero-order valence-electron chi connectivity index (χ0n) is 15.0. The molecule has 5 heteroatoms. The SMILES string of the molecule is CC(C)(C)C(=O)c1ccc(NC(=O)C2CCCCC2(C)N)cc1.Cl. The molecule has 2 atom stereocenters. The Morgan fingerprint density at radius 3 is 2.25 bits per heavy atom. The molecule has 2 unspecified atom stereocenters. The Labute approximate surface area is 151 Å². The van der Waals surface area contributed by atoms with E-state index in [1.165, 1.54) is 0 Å². The van der Waals surface area contributed by atoms with Crippen molar-refractivity contribution in [3.63, 3.8) is 0 Å². The van der Waals surface area contributed by atoms with E-state index in [1.54, 1.807) is 24.3 Å². The van der Waals surface area contributed by atoms with Crippen molar-refractivity contribution < 1.29 is 9.59 Å². The molecule has 1 amide bonds. The van der Waals surface area contributed by atoms with Crippen molar-refractivity contribution >= 4 is 29.8 Å². The van der Waals surface area contributed by atoms with E-state index in [4.69, 9.17) is 5.73 Å². The Hall–Kier alpha value is -1.39. The second kappa shape index (κ2) is 7.66. The molecular weight excluding hydrogens is 324 g/mol. The molecule has 2 rings (SSSR count). The molecule has 1 aliphatic carbocycles. The highest BCUT2D eigenvalue weighted by Crippen LogP contribution is 2.32. The molecule has 0 spiro atoms. The fourth-order valence-electron chi connectivity index (χ4n) is 3.16. The first-order valence-electron chi connectivity index (χ1n) is 8.36. The molecule has 0 bridgehead atoms. The van der Waals surface area contributed by atoms with Crippen molar-refractivity contribution in [3.8, 4) is 0 Å². The molecule has 0 radical (unpaired) electrons. The van der Waals surface area contributed by atoms with E-state index >= 15 is 0 Å². The summed E-state index contributed by atoms with van der Waals surface area (Å²) in [6.07, 6.45) is 3.84. The van der Waals surface area contributed by atoms with E-state index in [2.05, 4.69) is 5.32 Å². The largest absolute Gasteiger partial charge is 0.326 e.